The molecular weight excluding hydrogens is 240 g/mol. The highest BCUT2D eigenvalue weighted by atomic mass is 13.7. The maximum Gasteiger partial charge on any atom is -0.0500 e. The van der Waals surface area contributed by atoms with Crippen molar-refractivity contribution in [2.24, 2.45) is 5.92 Å². The molecule has 0 spiro atoms. The monoisotopic (exact) mass is 292 g/mol. The van der Waals surface area contributed by atoms with Gasteiger partial charge in [-0.3, -0.25) is 0 Å². The Morgan fingerprint density at radius 1 is 0.500 bits per heavy atom. The third-order valence-electron chi connectivity index (χ3n) is 1.21. The minimum Gasteiger partial charge on any atom is -0.0683 e. The molecule has 0 aromatic heterocycles. The van der Waals surface area contributed by atoms with Crippen LogP contribution in [0.3, 0.4) is 0 Å². The predicted octanol–water partition coefficient (Wildman–Crippen LogP) is 9.13. The molecule has 0 radical (unpaired) electrons. The number of hydrogen-bond acceptors (Lipinski definition) is 0. The van der Waals surface area contributed by atoms with E-state index in [2.05, 4.69) is 62.3 Å². The smallest absolute Gasteiger partial charge is 0.0500 e. The Hall–Kier alpha value is 0. The zero-order valence-corrected chi connectivity index (χ0v) is 17.8. The van der Waals surface area contributed by atoms with Crippen LogP contribution in [0, 0.1) is 5.92 Å². The fourth-order valence-electron chi connectivity index (χ4n) is 0.354. The zero-order chi connectivity index (χ0) is 17.8. The van der Waals surface area contributed by atoms with E-state index >= 15 is 0 Å². The molecular formula is C20H52. The summed E-state index contributed by atoms with van der Waals surface area (Å²) in [6.07, 6.45) is 7.97. The van der Waals surface area contributed by atoms with Gasteiger partial charge >= 0.3 is 0 Å². The molecule has 0 heteroatoms. The molecule has 0 saturated heterocycles. The van der Waals surface area contributed by atoms with Crippen molar-refractivity contribution in [1.82, 2.24) is 0 Å². The fourth-order valence-corrected chi connectivity index (χ4v) is 0.354. The molecule has 0 aromatic carbocycles. The standard InChI is InChI=1S/C5H12.2C4H10.C3H8.2C2H6/c1-3-5-4-2;1-4(2)3;1-3-4-2;1-3-2;2*1-2/h3-5H2,1-2H3;4H,1-3H3;3-4H2,1-2H3;3H2,1-2H3;2*1-2H3. The van der Waals surface area contributed by atoms with E-state index in [0.29, 0.717) is 0 Å². The average Bonchev–Trinajstić information content (AvgIpc) is 2.45. The number of rotatable bonds is 3. The van der Waals surface area contributed by atoms with Crippen molar-refractivity contribution in [3.8, 4) is 0 Å². The van der Waals surface area contributed by atoms with Crippen LogP contribution in [0.5, 0.6) is 0 Å². The molecule has 0 rings (SSSR count). The number of hydrogen-bond donors (Lipinski definition) is 0. The summed E-state index contributed by atoms with van der Waals surface area (Å²) in [6.45, 7) is 27.5. The fraction of sp³-hybridized carbons (Fsp3) is 1.00. The van der Waals surface area contributed by atoms with Crippen LogP contribution in [0.4, 0.5) is 0 Å². The van der Waals surface area contributed by atoms with Gasteiger partial charge in [0.25, 0.3) is 0 Å². The normalized spacial score (nSPS) is 6.90. The minimum absolute atomic E-state index is 0.833. The summed E-state index contributed by atoms with van der Waals surface area (Å²) in [5, 5.41) is 0. The second-order valence-corrected chi connectivity index (χ2v) is 4.79. The Morgan fingerprint density at radius 2 is 0.650 bits per heavy atom. The van der Waals surface area contributed by atoms with Gasteiger partial charge in [0.05, 0.1) is 0 Å². The molecule has 0 aliphatic carbocycles. The van der Waals surface area contributed by atoms with Gasteiger partial charge in [-0.1, -0.05) is 129 Å². The van der Waals surface area contributed by atoms with Crippen molar-refractivity contribution in [3.63, 3.8) is 0 Å². The molecule has 0 aliphatic rings. The Balaban J connectivity index is -0.0000000305. The Kier molecular flexibility index (Phi) is 140. The van der Waals surface area contributed by atoms with E-state index in [0.717, 1.165) is 5.92 Å². The largest absolute Gasteiger partial charge is 0.0683 e. The van der Waals surface area contributed by atoms with Crippen LogP contribution in [-0.2, 0) is 0 Å². The first-order chi connectivity index (χ1) is 9.47. The van der Waals surface area contributed by atoms with E-state index in [1.165, 1.54) is 38.5 Å². The van der Waals surface area contributed by atoms with Gasteiger partial charge in [-0.2, -0.15) is 0 Å². The summed E-state index contributed by atoms with van der Waals surface area (Å²) in [5.74, 6) is 0.833. The van der Waals surface area contributed by atoms with Gasteiger partial charge in [-0.05, 0) is 5.92 Å². The SMILES string of the molecule is CC.CC.CC(C)C.CCC.CCCC.CCCCC. The predicted molar refractivity (Wildman–Crippen MR) is 105 cm³/mol. The first kappa shape index (κ1) is 36.8. The van der Waals surface area contributed by atoms with Gasteiger partial charge < -0.3 is 0 Å². The van der Waals surface area contributed by atoms with Crippen molar-refractivity contribution in [1.29, 1.82) is 0 Å². The van der Waals surface area contributed by atoms with Crippen LogP contribution in [0.2, 0.25) is 0 Å². The molecule has 0 aromatic rings. The lowest BCUT2D eigenvalue weighted by molar-refractivity contribution is 0.737. The lowest BCUT2D eigenvalue weighted by atomic mass is 10.3. The van der Waals surface area contributed by atoms with Crippen molar-refractivity contribution >= 4 is 0 Å². The van der Waals surface area contributed by atoms with Gasteiger partial charge in [0.2, 0.25) is 0 Å². The molecule has 0 heterocycles. The van der Waals surface area contributed by atoms with Crippen LogP contribution < -0.4 is 0 Å². The third kappa shape index (κ3) is 578. The zero-order valence-electron chi connectivity index (χ0n) is 17.8. The van der Waals surface area contributed by atoms with Gasteiger partial charge in [-0.15, -0.1) is 0 Å². The summed E-state index contributed by atoms with van der Waals surface area (Å²) in [5.41, 5.74) is 0. The van der Waals surface area contributed by atoms with Crippen LogP contribution in [-0.4, -0.2) is 0 Å². The Bertz CT molecular complexity index is 48.3. The van der Waals surface area contributed by atoms with Crippen LogP contribution >= 0.6 is 0 Å². The average molecular weight is 293 g/mol. The van der Waals surface area contributed by atoms with E-state index in [9.17, 15) is 0 Å². The first-order valence-electron chi connectivity index (χ1n) is 9.47. The molecule has 0 N–H and O–H groups in total. The molecule has 0 atom stereocenters. The van der Waals surface area contributed by atoms with E-state index in [-0.39, 0.29) is 0 Å². The van der Waals surface area contributed by atoms with Gasteiger partial charge in [-0.25, -0.2) is 0 Å². The second kappa shape index (κ2) is 76.0. The molecule has 0 nitrogen and oxygen atoms in total. The molecule has 0 bridgehead atoms. The van der Waals surface area contributed by atoms with Gasteiger partial charge in [0.15, 0.2) is 0 Å². The topological polar surface area (TPSA) is 0 Å². The molecule has 0 unspecified atom stereocenters. The van der Waals surface area contributed by atoms with E-state index in [1.54, 1.807) is 0 Å². The summed E-state index contributed by atoms with van der Waals surface area (Å²) in [4.78, 5) is 0. The molecule has 0 saturated carbocycles. The minimum atomic E-state index is 0.833. The molecule has 0 aliphatic heterocycles. The highest BCUT2D eigenvalue weighted by Crippen LogP contribution is 1.88. The van der Waals surface area contributed by atoms with Crippen molar-refractivity contribution < 1.29 is 0 Å². The van der Waals surface area contributed by atoms with E-state index < -0.39 is 0 Å². The lowest BCUT2D eigenvalue weighted by Gasteiger charge is -1.79. The summed E-state index contributed by atoms with van der Waals surface area (Å²) in [7, 11) is 0. The quantitative estimate of drug-likeness (QED) is 0.486. The van der Waals surface area contributed by atoms with Crippen LogP contribution in [0.25, 0.3) is 0 Å². The van der Waals surface area contributed by atoms with Crippen LogP contribution in [0.15, 0.2) is 0 Å². The number of unbranched alkanes of at least 4 members (excludes halogenated alkanes) is 3. The third-order valence-corrected chi connectivity index (χ3v) is 1.21. The maximum absolute atomic E-state index is 2.21. The highest BCUT2D eigenvalue weighted by Gasteiger charge is 1.68. The molecule has 20 heavy (non-hydrogen) atoms. The Labute approximate surface area is 135 Å². The van der Waals surface area contributed by atoms with E-state index in [4.69, 9.17) is 0 Å². The molecule has 132 valence electrons. The Morgan fingerprint density at radius 3 is 0.650 bits per heavy atom. The summed E-state index contributed by atoms with van der Waals surface area (Å²) in [6, 6.07) is 0. The summed E-state index contributed by atoms with van der Waals surface area (Å²) < 4.78 is 0. The van der Waals surface area contributed by atoms with E-state index in [1.807, 2.05) is 27.7 Å². The summed E-state index contributed by atoms with van der Waals surface area (Å²) >= 11 is 0. The maximum atomic E-state index is 2.21. The van der Waals surface area contributed by atoms with Gasteiger partial charge in [0, 0.05) is 0 Å². The second-order valence-electron chi connectivity index (χ2n) is 4.79. The highest BCUT2D eigenvalue weighted by molar-refractivity contribution is 4.24. The molecule has 0 fully saturated rings. The van der Waals surface area contributed by atoms with Crippen molar-refractivity contribution in [2.45, 2.75) is 129 Å². The van der Waals surface area contributed by atoms with Crippen molar-refractivity contribution in [3.05, 3.63) is 0 Å². The molecule has 0 amide bonds. The lowest BCUT2D eigenvalue weighted by Crippen LogP contribution is -1.66. The van der Waals surface area contributed by atoms with Gasteiger partial charge in [0.1, 0.15) is 0 Å². The van der Waals surface area contributed by atoms with Crippen LogP contribution in [0.1, 0.15) is 129 Å². The first-order valence-corrected chi connectivity index (χ1v) is 9.47. The van der Waals surface area contributed by atoms with Crippen molar-refractivity contribution in [2.75, 3.05) is 0 Å².